The van der Waals surface area contributed by atoms with Crippen LogP contribution in [-0.2, 0) is 4.79 Å². The fourth-order valence-electron chi connectivity index (χ4n) is 1.65. The molecule has 0 atom stereocenters. The molecule has 1 aromatic heterocycles. The Morgan fingerprint density at radius 1 is 1.27 bits per heavy atom. The van der Waals surface area contributed by atoms with Crippen LogP contribution in [-0.4, -0.2) is 16.6 Å². The Morgan fingerprint density at radius 2 is 2.07 bits per heavy atom. The molecule has 0 fully saturated rings. The molecule has 0 saturated heterocycles. The molecule has 76 valence electrons. The molecule has 0 radical (unpaired) electrons. The van der Waals surface area contributed by atoms with Crippen molar-refractivity contribution in [2.75, 3.05) is 0 Å². The van der Waals surface area contributed by atoms with Gasteiger partial charge in [-0.05, 0) is 19.1 Å². The van der Waals surface area contributed by atoms with Gasteiger partial charge in [-0.15, -0.1) is 0 Å². The Morgan fingerprint density at radius 3 is 2.80 bits per heavy atom. The number of rotatable bonds is 3. The molecule has 1 N–H and O–H groups in total. The van der Waals surface area contributed by atoms with Gasteiger partial charge in [-0.3, -0.25) is 9.59 Å². The first-order valence-corrected chi connectivity index (χ1v) is 4.77. The topological polar surface area (TPSA) is 49.9 Å². The van der Waals surface area contributed by atoms with Crippen LogP contribution in [0.3, 0.4) is 0 Å². The number of carbonyl (C=O) groups excluding carboxylic acids is 2. The lowest BCUT2D eigenvalue weighted by atomic mass is 10.0. The van der Waals surface area contributed by atoms with E-state index in [1.807, 2.05) is 18.2 Å². The zero-order valence-corrected chi connectivity index (χ0v) is 8.41. The number of carbonyl (C=O) groups is 2. The fraction of sp³-hybridized carbons (Fsp3) is 0.167. The molecule has 0 bridgehead atoms. The molecule has 0 aliphatic heterocycles. The Hall–Kier alpha value is -1.90. The number of ketones is 2. The Balaban J connectivity index is 2.47. The van der Waals surface area contributed by atoms with E-state index >= 15 is 0 Å². The molecule has 1 heterocycles. The third-order valence-electron chi connectivity index (χ3n) is 2.30. The summed E-state index contributed by atoms with van der Waals surface area (Å²) in [4.78, 5) is 25.6. The van der Waals surface area contributed by atoms with Crippen molar-refractivity contribution in [2.24, 2.45) is 0 Å². The van der Waals surface area contributed by atoms with Gasteiger partial charge < -0.3 is 4.98 Å². The van der Waals surface area contributed by atoms with E-state index in [2.05, 4.69) is 4.98 Å². The lowest BCUT2D eigenvalue weighted by Gasteiger charge is -2.00. The third kappa shape index (κ3) is 1.81. The van der Waals surface area contributed by atoms with Gasteiger partial charge in [-0.1, -0.05) is 12.1 Å². The van der Waals surface area contributed by atoms with Crippen LogP contribution in [0.25, 0.3) is 10.9 Å². The van der Waals surface area contributed by atoms with Crippen LogP contribution in [0.5, 0.6) is 0 Å². The van der Waals surface area contributed by atoms with E-state index in [9.17, 15) is 9.59 Å². The molecule has 0 aliphatic carbocycles. The molecule has 2 rings (SSSR count). The minimum Gasteiger partial charge on any atom is -0.361 e. The van der Waals surface area contributed by atoms with Crippen molar-refractivity contribution in [1.82, 2.24) is 4.98 Å². The highest BCUT2D eigenvalue weighted by Gasteiger charge is 2.11. The van der Waals surface area contributed by atoms with E-state index in [1.165, 1.54) is 6.92 Å². The Labute approximate surface area is 87.1 Å². The van der Waals surface area contributed by atoms with Crippen LogP contribution in [0.4, 0.5) is 0 Å². The lowest BCUT2D eigenvalue weighted by Crippen LogP contribution is -2.04. The quantitative estimate of drug-likeness (QED) is 0.612. The van der Waals surface area contributed by atoms with E-state index in [4.69, 9.17) is 0 Å². The van der Waals surface area contributed by atoms with Crippen molar-refractivity contribution >= 4 is 22.5 Å². The van der Waals surface area contributed by atoms with Gasteiger partial charge in [0, 0.05) is 22.7 Å². The zero-order valence-electron chi connectivity index (χ0n) is 8.41. The second kappa shape index (κ2) is 3.69. The van der Waals surface area contributed by atoms with Crippen molar-refractivity contribution in [2.45, 2.75) is 13.3 Å². The first kappa shape index (κ1) is 9.65. The van der Waals surface area contributed by atoms with Gasteiger partial charge in [0.25, 0.3) is 0 Å². The predicted octanol–water partition coefficient (Wildman–Crippen LogP) is 2.33. The molecule has 2 aromatic rings. The van der Waals surface area contributed by atoms with Crippen LogP contribution in [0, 0.1) is 0 Å². The average molecular weight is 201 g/mol. The molecular weight excluding hydrogens is 190 g/mol. The molecule has 15 heavy (non-hydrogen) atoms. The standard InChI is InChI=1S/C12H11NO2/c1-8(14)7-12(15)10-3-2-4-11-9(10)5-6-13-11/h2-6,13H,7H2,1H3. The average Bonchev–Trinajstić information content (AvgIpc) is 2.63. The summed E-state index contributed by atoms with van der Waals surface area (Å²) < 4.78 is 0. The number of fused-ring (bicyclic) bond motifs is 1. The molecule has 3 heteroatoms. The van der Waals surface area contributed by atoms with Gasteiger partial charge in [0.1, 0.15) is 5.78 Å². The summed E-state index contributed by atoms with van der Waals surface area (Å²) in [7, 11) is 0. The van der Waals surface area contributed by atoms with Gasteiger partial charge in [0.2, 0.25) is 0 Å². The summed E-state index contributed by atoms with van der Waals surface area (Å²) in [5, 5.41) is 0.878. The lowest BCUT2D eigenvalue weighted by molar-refractivity contribution is -0.116. The van der Waals surface area contributed by atoms with E-state index in [-0.39, 0.29) is 18.0 Å². The first-order valence-electron chi connectivity index (χ1n) is 4.77. The molecular formula is C12H11NO2. The van der Waals surface area contributed by atoms with Crippen molar-refractivity contribution < 1.29 is 9.59 Å². The van der Waals surface area contributed by atoms with Crippen molar-refractivity contribution in [1.29, 1.82) is 0 Å². The summed E-state index contributed by atoms with van der Waals surface area (Å²) in [5.74, 6) is -0.222. The Kier molecular flexibility index (Phi) is 2.37. The number of nitrogens with one attached hydrogen (secondary N) is 1. The monoisotopic (exact) mass is 201 g/mol. The molecule has 0 amide bonds. The maximum atomic E-state index is 11.7. The number of hydrogen-bond donors (Lipinski definition) is 1. The van der Waals surface area contributed by atoms with Gasteiger partial charge in [0.15, 0.2) is 5.78 Å². The van der Waals surface area contributed by atoms with Crippen LogP contribution in [0.2, 0.25) is 0 Å². The molecule has 0 unspecified atom stereocenters. The number of aromatic nitrogens is 1. The number of benzene rings is 1. The summed E-state index contributed by atoms with van der Waals surface area (Å²) in [6.45, 7) is 1.43. The second-order valence-corrected chi connectivity index (χ2v) is 3.55. The molecule has 0 spiro atoms. The Bertz CT molecular complexity index is 525. The number of Topliss-reactive ketones (excluding diaryl/α,β-unsaturated/α-hetero) is 2. The summed E-state index contributed by atoms with van der Waals surface area (Å²) in [5.41, 5.74) is 1.54. The maximum Gasteiger partial charge on any atom is 0.170 e. The van der Waals surface area contributed by atoms with Crippen LogP contribution in [0.1, 0.15) is 23.7 Å². The van der Waals surface area contributed by atoms with E-state index in [0.29, 0.717) is 5.56 Å². The highest BCUT2D eigenvalue weighted by molar-refractivity contribution is 6.13. The van der Waals surface area contributed by atoms with E-state index in [0.717, 1.165) is 10.9 Å². The minimum atomic E-state index is -0.118. The molecule has 1 aromatic carbocycles. The number of H-pyrrole nitrogens is 1. The van der Waals surface area contributed by atoms with Gasteiger partial charge in [-0.2, -0.15) is 0 Å². The smallest absolute Gasteiger partial charge is 0.170 e. The summed E-state index contributed by atoms with van der Waals surface area (Å²) >= 11 is 0. The summed E-state index contributed by atoms with van der Waals surface area (Å²) in [6.07, 6.45) is 1.76. The van der Waals surface area contributed by atoms with Crippen molar-refractivity contribution in [3.8, 4) is 0 Å². The SMILES string of the molecule is CC(=O)CC(=O)c1cccc2[nH]ccc12. The van der Waals surface area contributed by atoms with E-state index < -0.39 is 0 Å². The van der Waals surface area contributed by atoms with Crippen LogP contribution >= 0.6 is 0 Å². The highest BCUT2D eigenvalue weighted by Crippen LogP contribution is 2.18. The largest absolute Gasteiger partial charge is 0.361 e. The van der Waals surface area contributed by atoms with Gasteiger partial charge in [-0.25, -0.2) is 0 Å². The minimum absolute atomic E-state index is 0.0235. The molecule has 0 aliphatic rings. The van der Waals surface area contributed by atoms with Crippen LogP contribution in [0.15, 0.2) is 30.5 Å². The van der Waals surface area contributed by atoms with Crippen molar-refractivity contribution in [3.05, 3.63) is 36.0 Å². The van der Waals surface area contributed by atoms with Crippen LogP contribution < -0.4 is 0 Å². The van der Waals surface area contributed by atoms with Gasteiger partial charge in [0.05, 0.1) is 6.42 Å². The summed E-state index contributed by atoms with van der Waals surface area (Å²) in [6, 6.07) is 7.32. The third-order valence-corrected chi connectivity index (χ3v) is 2.30. The van der Waals surface area contributed by atoms with E-state index in [1.54, 1.807) is 12.3 Å². The maximum absolute atomic E-state index is 11.7. The second-order valence-electron chi connectivity index (χ2n) is 3.55. The zero-order chi connectivity index (χ0) is 10.8. The molecule has 3 nitrogen and oxygen atoms in total. The fourth-order valence-corrected chi connectivity index (χ4v) is 1.65. The highest BCUT2D eigenvalue weighted by atomic mass is 16.1. The van der Waals surface area contributed by atoms with Gasteiger partial charge >= 0.3 is 0 Å². The predicted molar refractivity (Wildman–Crippen MR) is 57.9 cm³/mol. The normalized spacial score (nSPS) is 10.5. The first-order chi connectivity index (χ1) is 7.18. The molecule has 0 saturated carbocycles. The van der Waals surface area contributed by atoms with Crippen molar-refractivity contribution in [3.63, 3.8) is 0 Å². The number of aromatic amines is 1. The number of hydrogen-bond acceptors (Lipinski definition) is 2.